The molecule has 0 aliphatic heterocycles. The summed E-state index contributed by atoms with van der Waals surface area (Å²) in [6, 6.07) is 0. The third-order valence-corrected chi connectivity index (χ3v) is 8.61. The average Bonchev–Trinajstić information content (AvgIpc) is 2.97. The molecule has 0 aromatic rings. The summed E-state index contributed by atoms with van der Waals surface area (Å²) in [6.45, 7) is 12.6. The van der Waals surface area contributed by atoms with Crippen molar-refractivity contribution in [3.05, 3.63) is 0 Å². The van der Waals surface area contributed by atoms with Crippen LogP contribution in [0.1, 0.15) is 201 Å². The first-order chi connectivity index (χ1) is 20.1. The lowest BCUT2D eigenvalue weighted by molar-refractivity contribution is -0.133. The van der Waals surface area contributed by atoms with Crippen LogP contribution in [0.3, 0.4) is 0 Å². The fraction of sp³-hybridized carbons (Fsp3) is 0.946. The Morgan fingerprint density at radius 2 is 0.537 bits per heavy atom. The SMILES string of the molecule is CCCCCCCCN(CCCCCCCC)C(=O)CCCC(=O)N(CCCCCCCC)CCCCCCCC. The quantitative estimate of drug-likeness (QED) is 0.0745. The van der Waals surface area contributed by atoms with Crippen molar-refractivity contribution in [2.24, 2.45) is 0 Å². The summed E-state index contributed by atoms with van der Waals surface area (Å²) in [7, 11) is 0. The van der Waals surface area contributed by atoms with E-state index < -0.39 is 0 Å². The second kappa shape index (κ2) is 31.9. The highest BCUT2D eigenvalue weighted by Gasteiger charge is 2.16. The van der Waals surface area contributed by atoms with Crippen molar-refractivity contribution in [1.29, 1.82) is 0 Å². The highest BCUT2D eigenvalue weighted by atomic mass is 16.2. The Bertz CT molecular complexity index is 485. The Balaban J connectivity index is 4.67. The molecule has 244 valence electrons. The van der Waals surface area contributed by atoms with Crippen LogP contribution in [0.15, 0.2) is 0 Å². The first kappa shape index (κ1) is 39.9. The second-order valence-electron chi connectivity index (χ2n) is 12.7. The van der Waals surface area contributed by atoms with E-state index in [1.165, 1.54) is 128 Å². The largest absolute Gasteiger partial charge is 0.343 e. The monoisotopic (exact) mass is 579 g/mol. The number of rotatable bonds is 32. The maximum atomic E-state index is 13.2. The maximum Gasteiger partial charge on any atom is 0.222 e. The van der Waals surface area contributed by atoms with Gasteiger partial charge in [0, 0.05) is 39.0 Å². The molecule has 0 saturated heterocycles. The highest BCUT2D eigenvalue weighted by Crippen LogP contribution is 2.14. The molecule has 41 heavy (non-hydrogen) atoms. The molecule has 0 radical (unpaired) electrons. The lowest BCUT2D eigenvalue weighted by atomic mass is 10.1. The highest BCUT2D eigenvalue weighted by molar-refractivity contribution is 5.79. The van der Waals surface area contributed by atoms with Crippen molar-refractivity contribution in [1.82, 2.24) is 9.80 Å². The van der Waals surface area contributed by atoms with E-state index in [1.807, 2.05) is 0 Å². The molecule has 0 heterocycles. The van der Waals surface area contributed by atoms with Gasteiger partial charge < -0.3 is 9.80 Å². The van der Waals surface area contributed by atoms with E-state index in [0.29, 0.717) is 19.3 Å². The molecule has 0 rings (SSSR count). The molecule has 0 fully saturated rings. The molecule has 0 aromatic carbocycles. The summed E-state index contributed by atoms with van der Waals surface area (Å²) in [5.41, 5.74) is 0. The predicted octanol–water partition coefficient (Wildman–Crippen LogP) is 11.3. The van der Waals surface area contributed by atoms with E-state index in [9.17, 15) is 9.59 Å². The van der Waals surface area contributed by atoms with Crippen LogP contribution in [0.25, 0.3) is 0 Å². The molecular formula is C37H74N2O2. The number of hydrogen-bond acceptors (Lipinski definition) is 2. The van der Waals surface area contributed by atoms with Crippen molar-refractivity contribution < 1.29 is 9.59 Å². The van der Waals surface area contributed by atoms with Gasteiger partial charge in [0.2, 0.25) is 11.8 Å². The van der Waals surface area contributed by atoms with E-state index in [4.69, 9.17) is 0 Å². The van der Waals surface area contributed by atoms with Crippen LogP contribution in [0, 0.1) is 0 Å². The minimum Gasteiger partial charge on any atom is -0.343 e. The Morgan fingerprint density at radius 3 is 0.780 bits per heavy atom. The number of amides is 2. The summed E-state index contributed by atoms with van der Waals surface area (Å²) in [5.74, 6) is 0.552. The molecule has 0 atom stereocenters. The summed E-state index contributed by atoms with van der Waals surface area (Å²) in [5, 5.41) is 0. The van der Waals surface area contributed by atoms with Gasteiger partial charge in [0.1, 0.15) is 0 Å². The summed E-state index contributed by atoms with van der Waals surface area (Å²) in [4.78, 5) is 30.7. The maximum absolute atomic E-state index is 13.2. The Morgan fingerprint density at radius 1 is 0.317 bits per heavy atom. The van der Waals surface area contributed by atoms with Crippen molar-refractivity contribution in [2.75, 3.05) is 26.2 Å². The average molecular weight is 579 g/mol. The Kier molecular flexibility index (Phi) is 31.0. The Hall–Kier alpha value is -1.06. The third-order valence-electron chi connectivity index (χ3n) is 8.61. The van der Waals surface area contributed by atoms with E-state index >= 15 is 0 Å². The number of carbonyl (C=O) groups excluding carboxylic acids is 2. The van der Waals surface area contributed by atoms with Gasteiger partial charge in [0.15, 0.2) is 0 Å². The second-order valence-corrected chi connectivity index (χ2v) is 12.7. The van der Waals surface area contributed by atoms with Crippen LogP contribution in [0.5, 0.6) is 0 Å². The van der Waals surface area contributed by atoms with Gasteiger partial charge in [-0.1, -0.05) is 156 Å². The molecule has 0 saturated carbocycles. The molecule has 4 heteroatoms. The number of unbranched alkanes of at least 4 members (excludes halogenated alkanes) is 20. The van der Waals surface area contributed by atoms with Gasteiger partial charge in [0.05, 0.1) is 0 Å². The standard InChI is InChI=1S/C37H74N2O2/c1-5-9-13-17-21-25-32-38(33-26-22-18-14-10-6-2)36(40)30-29-31-37(41)39(34-27-23-19-15-11-7-3)35-28-24-20-16-12-8-4/h5-35H2,1-4H3. The minimum atomic E-state index is 0.276. The van der Waals surface area contributed by atoms with Crippen molar-refractivity contribution in [3.63, 3.8) is 0 Å². The van der Waals surface area contributed by atoms with Gasteiger partial charge in [-0.05, 0) is 32.1 Å². The predicted molar refractivity (Wildman–Crippen MR) is 181 cm³/mol. The van der Waals surface area contributed by atoms with E-state index in [1.54, 1.807) is 0 Å². The molecule has 0 aromatic heterocycles. The van der Waals surface area contributed by atoms with Crippen molar-refractivity contribution in [3.8, 4) is 0 Å². The third kappa shape index (κ3) is 26.3. The molecule has 0 unspecified atom stereocenters. The molecular weight excluding hydrogens is 504 g/mol. The number of nitrogens with zero attached hydrogens (tertiary/aromatic N) is 2. The van der Waals surface area contributed by atoms with Crippen LogP contribution in [-0.4, -0.2) is 47.8 Å². The van der Waals surface area contributed by atoms with Gasteiger partial charge in [0.25, 0.3) is 0 Å². The normalized spacial score (nSPS) is 11.2. The number of carbonyl (C=O) groups is 2. The van der Waals surface area contributed by atoms with Gasteiger partial charge in [-0.2, -0.15) is 0 Å². The van der Waals surface area contributed by atoms with E-state index in [-0.39, 0.29) is 11.8 Å². The molecule has 0 aliphatic carbocycles. The van der Waals surface area contributed by atoms with Crippen LogP contribution in [0.4, 0.5) is 0 Å². The van der Waals surface area contributed by atoms with Crippen LogP contribution >= 0.6 is 0 Å². The van der Waals surface area contributed by atoms with Crippen molar-refractivity contribution >= 4 is 11.8 Å². The molecule has 0 bridgehead atoms. The summed E-state index contributed by atoms with van der Waals surface area (Å²) >= 11 is 0. The van der Waals surface area contributed by atoms with Crippen molar-refractivity contribution in [2.45, 2.75) is 201 Å². The fourth-order valence-corrected chi connectivity index (χ4v) is 5.76. The lowest BCUT2D eigenvalue weighted by Gasteiger charge is -2.24. The molecule has 0 spiro atoms. The van der Waals surface area contributed by atoms with Crippen LogP contribution < -0.4 is 0 Å². The lowest BCUT2D eigenvalue weighted by Crippen LogP contribution is -2.34. The van der Waals surface area contributed by atoms with Crippen LogP contribution in [-0.2, 0) is 9.59 Å². The molecule has 2 amide bonds. The molecule has 0 N–H and O–H groups in total. The summed E-state index contributed by atoms with van der Waals surface area (Å²) in [6.07, 6.45) is 31.9. The van der Waals surface area contributed by atoms with Gasteiger partial charge in [-0.25, -0.2) is 0 Å². The van der Waals surface area contributed by atoms with Crippen LogP contribution in [0.2, 0.25) is 0 Å². The fourth-order valence-electron chi connectivity index (χ4n) is 5.76. The molecule has 0 aliphatic rings. The zero-order valence-electron chi connectivity index (χ0n) is 28.6. The van der Waals surface area contributed by atoms with Gasteiger partial charge in [-0.15, -0.1) is 0 Å². The van der Waals surface area contributed by atoms with E-state index in [0.717, 1.165) is 51.9 Å². The first-order valence-corrected chi connectivity index (χ1v) is 18.7. The molecule has 4 nitrogen and oxygen atoms in total. The minimum absolute atomic E-state index is 0.276. The Labute approximate surface area is 258 Å². The smallest absolute Gasteiger partial charge is 0.222 e. The zero-order chi connectivity index (χ0) is 30.2. The van der Waals surface area contributed by atoms with Gasteiger partial charge >= 0.3 is 0 Å². The zero-order valence-corrected chi connectivity index (χ0v) is 28.6. The first-order valence-electron chi connectivity index (χ1n) is 18.7. The van der Waals surface area contributed by atoms with E-state index in [2.05, 4.69) is 37.5 Å². The topological polar surface area (TPSA) is 40.6 Å². The van der Waals surface area contributed by atoms with Gasteiger partial charge in [-0.3, -0.25) is 9.59 Å². The summed E-state index contributed by atoms with van der Waals surface area (Å²) < 4.78 is 0. The number of hydrogen-bond donors (Lipinski definition) is 0.